The standard InChI is InChI=1S/C38H20N4O/c39-21-23-13-15-35-29(17-23)28-9-3-4-10-32(28)41(35)25-14-16-37-30(20-25)31-18-24(22-40)19-36(38(31)43-37)42-33-11-5-1-7-26(33)27-8-2-6-12-34(27)42/h1-20H. The lowest BCUT2D eigenvalue weighted by molar-refractivity contribution is 0.666. The van der Waals surface area contributed by atoms with Crippen LogP contribution in [0, 0.1) is 22.7 Å². The quantitative estimate of drug-likeness (QED) is 0.216. The number of benzene rings is 6. The highest BCUT2D eigenvalue weighted by molar-refractivity contribution is 6.14. The van der Waals surface area contributed by atoms with Crippen LogP contribution in [0.15, 0.2) is 126 Å². The Morgan fingerprint density at radius 1 is 0.465 bits per heavy atom. The number of nitriles is 2. The van der Waals surface area contributed by atoms with Crippen molar-refractivity contribution in [3.8, 4) is 23.5 Å². The molecule has 0 N–H and O–H groups in total. The van der Waals surface area contributed by atoms with Gasteiger partial charge in [0.15, 0.2) is 5.58 Å². The van der Waals surface area contributed by atoms with E-state index in [1.165, 1.54) is 0 Å². The SMILES string of the molecule is N#Cc1cc(-n2c3ccccc3c3ccccc32)c2oc3ccc(-n4c5ccccc5c5cc(C#N)ccc54)cc3c2c1. The van der Waals surface area contributed by atoms with Gasteiger partial charge in [0.1, 0.15) is 5.58 Å². The Hall–Kier alpha value is -6.30. The molecule has 9 aromatic rings. The molecule has 0 spiro atoms. The van der Waals surface area contributed by atoms with Crippen LogP contribution in [0.5, 0.6) is 0 Å². The van der Waals surface area contributed by atoms with Crippen LogP contribution in [0.3, 0.4) is 0 Å². The zero-order valence-corrected chi connectivity index (χ0v) is 22.7. The van der Waals surface area contributed by atoms with Gasteiger partial charge >= 0.3 is 0 Å². The molecular formula is C38H20N4O. The van der Waals surface area contributed by atoms with Crippen LogP contribution >= 0.6 is 0 Å². The van der Waals surface area contributed by atoms with Gasteiger partial charge in [0, 0.05) is 38.0 Å². The number of hydrogen-bond donors (Lipinski definition) is 0. The van der Waals surface area contributed by atoms with E-state index in [0.717, 1.165) is 76.9 Å². The number of furan rings is 1. The highest BCUT2D eigenvalue weighted by atomic mass is 16.3. The molecule has 0 saturated heterocycles. The number of rotatable bonds is 2. The van der Waals surface area contributed by atoms with Gasteiger partial charge in [0.25, 0.3) is 0 Å². The van der Waals surface area contributed by atoms with Crippen LogP contribution < -0.4 is 0 Å². The molecule has 9 rings (SSSR count). The second kappa shape index (κ2) is 8.60. The monoisotopic (exact) mass is 548 g/mol. The van der Waals surface area contributed by atoms with Gasteiger partial charge in [0.2, 0.25) is 0 Å². The van der Waals surface area contributed by atoms with Gasteiger partial charge in [0.05, 0.1) is 51.0 Å². The maximum absolute atomic E-state index is 10.1. The lowest BCUT2D eigenvalue weighted by Gasteiger charge is -2.09. The van der Waals surface area contributed by atoms with E-state index in [0.29, 0.717) is 11.1 Å². The summed E-state index contributed by atoms with van der Waals surface area (Å²) in [6.45, 7) is 0. The Kier molecular flexibility index (Phi) is 4.68. The first-order valence-corrected chi connectivity index (χ1v) is 14.1. The summed E-state index contributed by atoms with van der Waals surface area (Å²) >= 11 is 0. The average Bonchev–Trinajstić information content (AvgIpc) is 3.71. The molecule has 6 aromatic carbocycles. The summed E-state index contributed by atoms with van der Waals surface area (Å²) in [5.74, 6) is 0. The molecule has 0 aliphatic rings. The van der Waals surface area contributed by atoms with E-state index in [1.807, 2.05) is 60.7 Å². The molecule has 3 heterocycles. The Bertz CT molecular complexity index is 2650. The number of fused-ring (bicyclic) bond motifs is 9. The van der Waals surface area contributed by atoms with Crippen molar-refractivity contribution in [2.24, 2.45) is 0 Å². The zero-order valence-electron chi connectivity index (χ0n) is 22.7. The first-order valence-electron chi connectivity index (χ1n) is 14.1. The Morgan fingerprint density at radius 3 is 1.72 bits per heavy atom. The molecule has 0 atom stereocenters. The molecule has 0 radical (unpaired) electrons. The van der Waals surface area contributed by atoms with E-state index in [-0.39, 0.29) is 0 Å². The molecule has 0 bridgehead atoms. The maximum Gasteiger partial charge on any atom is 0.159 e. The Morgan fingerprint density at radius 2 is 1.05 bits per heavy atom. The van der Waals surface area contributed by atoms with Crippen LogP contribution in [0.1, 0.15) is 11.1 Å². The molecule has 3 aromatic heterocycles. The summed E-state index contributed by atoms with van der Waals surface area (Å²) in [4.78, 5) is 0. The van der Waals surface area contributed by atoms with Crippen LogP contribution in [-0.2, 0) is 0 Å². The summed E-state index contributed by atoms with van der Waals surface area (Å²) in [6, 6.07) is 45.5. The normalized spacial score (nSPS) is 11.7. The lowest BCUT2D eigenvalue weighted by atomic mass is 10.1. The predicted molar refractivity (Wildman–Crippen MR) is 172 cm³/mol. The summed E-state index contributed by atoms with van der Waals surface area (Å²) in [5, 5.41) is 25.9. The fourth-order valence-corrected chi connectivity index (χ4v) is 6.72. The molecular weight excluding hydrogens is 528 g/mol. The van der Waals surface area contributed by atoms with E-state index in [2.05, 4.69) is 81.9 Å². The molecule has 5 nitrogen and oxygen atoms in total. The topological polar surface area (TPSA) is 70.6 Å². The van der Waals surface area contributed by atoms with Gasteiger partial charge in [-0.15, -0.1) is 0 Å². The van der Waals surface area contributed by atoms with Crippen molar-refractivity contribution in [1.82, 2.24) is 9.13 Å². The Labute approximate surface area is 245 Å². The molecule has 0 unspecified atom stereocenters. The second-order valence-corrected chi connectivity index (χ2v) is 10.8. The first-order chi connectivity index (χ1) is 21.2. The van der Waals surface area contributed by atoms with Crippen LogP contribution in [-0.4, -0.2) is 9.13 Å². The van der Waals surface area contributed by atoms with E-state index in [4.69, 9.17) is 4.42 Å². The van der Waals surface area contributed by atoms with Gasteiger partial charge < -0.3 is 13.6 Å². The van der Waals surface area contributed by atoms with E-state index in [1.54, 1.807) is 0 Å². The third-order valence-electron chi connectivity index (χ3n) is 8.54. The fourth-order valence-electron chi connectivity index (χ4n) is 6.72. The van der Waals surface area contributed by atoms with Crippen molar-refractivity contribution in [2.45, 2.75) is 0 Å². The maximum atomic E-state index is 10.1. The molecule has 0 fully saturated rings. The van der Waals surface area contributed by atoms with Crippen LogP contribution in [0.25, 0.3) is 76.9 Å². The molecule has 0 amide bonds. The summed E-state index contributed by atoms with van der Waals surface area (Å²) < 4.78 is 11.0. The second-order valence-electron chi connectivity index (χ2n) is 10.8. The van der Waals surface area contributed by atoms with E-state index < -0.39 is 0 Å². The first kappa shape index (κ1) is 23.4. The number of aromatic nitrogens is 2. The lowest BCUT2D eigenvalue weighted by Crippen LogP contribution is -1.95. The Balaban J connectivity index is 1.36. The number of hydrogen-bond acceptors (Lipinski definition) is 3. The molecule has 5 heteroatoms. The molecule has 0 aliphatic heterocycles. The molecule has 0 saturated carbocycles. The van der Waals surface area contributed by atoms with Crippen molar-refractivity contribution in [2.75, 3.05) is 0 Å². The van der Waals surface area contributed by atoms with Crippen LogP contribution in [0.4, 0.5) is 0 Å². The third kappa shape index (κ3) is 3.19. The minimum atomic E-state index is 0.568. The van der Waals surface area contributed by atoms with Gasteiger partial charge in [-0.3, -0.25) is 0 Å². The molecule has 0 aliphatic carbocycles. The van der Waals surface area contributed by atoms with Gasteiger partial charge in [-0.25, -0.2) is 0 Å². The van der Waals surface area contributed by atoms with Crippen molar-refractivity contribution in [3.63, 3.8) is 0 Å². The minimum Gasteiger partial charge on any atom is -0.454 e. The fraction of sp³-hybridized carbons (Fsp3) is 0. The smallest absolute Gasteiger partial charge is 0.159 e. The largest absolute Gasteiger partial charge is 0.454 e. The van der Waals surface area contributed by atoms with Crippen molar-refractivity contribution in [3.05, 3.63) is 132 Å². The summed E-state index contributed by atoms with van der Waals surface area (Å²) in [7, 11) is 0. The zero-order chi connectivity index (χ0) is 28.7. The minimum absolute atomic E-state index is 0.568. The summed E-state index contributed by atoms with van der Waals surface area (Å²) in [6.07, 6.45) is 0. The van der Waals surface area contributed by atoms with Crippen molar-refractivity contribution in [1.29, 1.82) is 10.5 Å². The highest BCUT2D eigenvalue weighted by Gasteiger charge is 2.20. The number of para-hydroxylation sites is 3. The molecule has 43 heavy (non-hydrogen) atoms. The summed E-state index contributed by atoms with van der Waals surface area (Å²) in [5.41, 5.74) is 8.71. The van der Waals surface area contributed by atoms with Crippen LogP contribution in [0.2, 0.25) is 0 Å². The third-order valence-corrected chi connectivity index (χ3v) is 8.54. The van der Waals surface area contributed by atoms with Gasteiger partial charge in [-0.2, -0.15) is 10.5 Å². The van der Waals surface area contributed by atoms with Crippen molar-refractivity contribution < 1.29 is 4.42 Å². The van der Waals surface area contributed by atoms with E-state index in [9.17, 15) is 10.5 Å². The van der Waals surface area contributed by atoms with Gasteiger partial charge in [-0.05, 0) is 66.7 Å². The van der Waals surface area contributed by atoms with E-state index >= 15 is 0 Å². The number of nitrogens with zero attached hydrogens (tertiary/aromatic N) is 4. The van der Waals surface area contributed by atoms with Crippen molar-refractivity contribution >= 4 is 65.6 Å². The highest BCUT2D eigenvalue weighted by Crippen LogP contribution is 2.40. The average molecular weight is 549 g/mol. The molecule has 198 valence electrons. The van der Waals surface area contributed by atoms with Gasteiger partial charge in [-0.1, -0.05) is 54.6 Å². The predicted octanol–water partition coefficient (Wildman–Crippen LogP) is 9.52.